The molecule has 50 valence electrons. The monoisotopic (exact) mass is 129 g/mol. The van der Waals surface area contributed by atoms with Crippen molar-refractivity contribution in [2.45, 2.75) is 13.0 Å². The van der Waals surface area contributed by atoms with Crippen molar-refractivity contribution < 1.29 is 14.3 Å². The number of cyclic esters (lactones) is 2. The quantitative estimate of drug-likeness (QED) is 0.337. The summed E-state index contributed by atoms with van der Waals surface area (Å²) in [4.78, 5) is 20.9. The van der Waals surface area contributed by atoms with Gasteiger partial charge in [-0.2, -0.15) is 0 Å². The fraction of sp³-hybridized carbons (Fsp3) is 0.600. The van der Waals surface area contributed by atoms with Crippen molar-refractivity contribution in [2.24, 2.45) is 11.7 Å². The average molecular weight is 129 g/mol. The van der Waals surface area contributed by atoms with E-state index in [2.05, 4.69) is 4.74 Å². The topological polar surface area (TPSA) is 69.4 Å². The Balaban J connectivity index is 2.77. The summed E-state index contributed by atoms with van der Waals surface area (Å²) in [6.45, 7) is 1.57. The molecule has 0 amide bonds. The Morgan fingerprint density at radius 2 is 2.00 bits per heavy atom. The fourth-order valence-corrected chi connectivity index (χ4v) is 0.611. The van der Waals surface area contributed by atoms with Gasteiger partial charge >= 0.3 is 11.9 Å². The summed E-state index contributed by atoms with van der Waals surface area (Å²) in [6.07, 6.45) is 0. The number of esters is 2. The van der Waals surface area contributed by atoms with Crippen molar-refractivity contribution in [1.82, 2.24) is 0 Å². The van der Waals surface area contributed by atoms with Crippen LogP contribution in [0.1, 0.15) is 6.92 Å². The highest BCUT2D eigenvalue weighted by Gasteiger charge is 2.38. The number of carbonyl (C=O) groups is 2. The van der Waals surface area contributed by atoms with Gasteiger partial charge in [-0.3, -0.25) is 4.79 Å². The minimum absolute atomic E-state index is 0.475. The summed E-state index contributed by atoms with van der Waals surface area (Å²) in [5, 5.41) is 0. The lowest BCUT2D eigenvalue weighted by atomic mass is 10.1. The maximum Gasteiger partial charge on any atom is 0.331 e. The Labute approximate surface area is 52.0 Å². The molecule has 9 heavy (non-hydrogen) atoms. The summed E-state index contributed by atoms with van der Waals surface area (Å²) in [5.41, 5.74) is 5.22. The van der Waals surface area contributed by atoms with E-state index in [1.807, 2.05) is 0 Å². The number of carbonyl (C=O) groups excluding carboxylic acids is 2. The van der Waals surface area contributed by atoms with Crippen LogP contribution in [0.4, 0.5) is 0 Å². The first-order chi connectivity index (χ1) is 4.13. The van der Waals surface area contributed by atoms with Gasteiger partial charge in [-0.05, 0) is 6.92 Å². The van der Waals surface area contributed by atoms with Crippen LogP contribution >= 0.6 is 0 Å². The summed E-state index contributed by atoms with van der Waals surface area (Å²) in [6, 6.07) is -0.752. The smallest absolute Gasteiger partial charge is 0.331 e. The number of rotatable bonds is 0. The minimum atomic E-state index is -0.752. The van der Waals surface area contributed by atoms with Gasteiger partial charge in [0.25, 0.3) is 0 Å². The molecule has 0 aromatic heterocycles. The van der Waals surface area contributed by atoms with Crippen LogP contribution in [0.3, 0.4) is 0 Å². The van der Waals surface area contributed by atoms with Crippen molar-refractivity contribution in [3.8, 4) is 0 Å². The van der Waals surface area contributed by atoms with Gasteiger partial charge in [-0.25, -0.2) is 4.79 Å². The Hall–Kier alpha value is -0.900. The molecule has 1 fully saturated rings. The van der Waals surface area contributed by atoms with Gasteiger partial charge in [0.2, 0.25) is 0 Å². The lowest BCUT2D eigenvalue weighted by Gasteiger charge is -1.97. The van der Waals surface area contributed by atoms with Crippen LogP contribution in [-0.4, -0.2) is 18.0 Å². The van der Waals surface area contributed by atoms with Gasteiger partial charge in [-0.15, -0.1) is 0 Å². The standard InChI is InChI=1S/C5H7NO3/c1-2-3(6)5(8)9-4(2)7/h2-3H,6H2,1H3/t2?,3-/m1/s1. The Kier molecular flexibility index (Phi) is 1.25. The molecule has 0 aromatic rings. The van der Waals surface area contributed by atoms with E-state index >= 15 is 0 Å². The van der Waals surface area contributed by atoms with Gasteiger partial charge in [-0.1, -0.05) is 0 Å². The molecule has 0 bridgehead atoms. The van der Waals surface area contributed by atoms with Crippen LogP contribution in [-0.2, 0) is 14.3 Å². The molecule has 0 aromatic carbocycles. The molecular weight excluding hydrogens is 122 g/mol. The number of hydrogen-bond acceptors (Lipinski definition) is 4. The maximum absolute atomic E-state index is 10.5. The highest BCUT2D eigenvalue weighted by Crippen LogP contribution is 2.12. The van der Waals surface area contributed by atoms with Gasteiger partial charge in [0.1, 0.15) is 6.04 Å². The first-order valence-corrected chi connectivity index (χ1v) is 2.64. The first-order valence-electron chi connectivity index (χ1n) is 2.64. The molecule has 1 unspecified atom stereocenters. The van der Waals surface area contributed by atoms with Crippen LogP contribution in [0, 0.1) is 5.92 Å². The molecular formula is C5H7NO3. The zero-order valence-corrected chi connectivity index (χ0v) is 4.96. The number of nitrogens with two attached hydrogens (primary N) is 1. The summed E-state index contributed by atoms with van der Waals surface area (Å²) in [7, 11) is 0. The molecule has 4 heteroatoms. The van der Waals surface area contributed by atoms with Crippen LogP contribution < -0.4 is 5.73 Å². The molecule has 1 rings (SSSR count). The lowest BCUT2D eigenvalue weighted by Crippen LogP contribution is -2.31. The summed E-state index contributed by atoms with van der Waals surface area (Å²) in [5.74, 6) is -1.61. The van der Waals surface area contributed by atoms with Gasteiger partial charge in [0.15, 0.2) is 0 Å². The zero-order chi connectivity index (χ0) is 7.02. The number of ether oxygens (including phenoxy) is 1. The molecule has 0 saturated carbocycles. The van der Waals surface area contributed by atoms with E-state index in [4.69, 9.17) is 5.73 Å². The molecule has 1 heterocycles. The normalized spacial score (nSPS) is 34.9. The molecule has 1 aliphatic rings. The van der Waals surface area contributed by atoms with E-state index < -0.39 is 23.9 Å². The Morgan fingerprint density at radius 1 is 1.44 bits per heavy atom. The van der Waals surface area contributed by atoms with E-state index in [1.165, 1.54) is 0 Å². The SMILES string of the molecule is CC1C(=O)OC(=O)[C@@H]1N. The molecule has 0 radical (unpaired) electrons. The predicted octanol–water partition coefficient (Wildman–Crippen LogP) is -0.967. The second-order valence-electron chi connectivity index (χ2n) is 2.05. The highest BCUT2D eigenvalue weighted by atomic mass is 16.6. The van der Waals surface area contributed by atoms with Crippen molar-refractivity contribution in [3.63, 3.8) is 0 Å². The van der Waals surface area contributed by atoms with Crippen LogP contribution in [0.25, 0.3) is 0 Å². The van der Waals surface area contributed by atoms with E-state index in [0.717, 1.165) is 0 Å². The predicted molar refractivity (Wildman–Crippen MR) is 28.2 cm³/mol. The van der Waals surface area contributed by atoms with E-state index in [9.17, 15) is 9.59 Å². The largest absolute Gasteiger partial charge is 0.392 e. The maximum atomic E-state index is 10.5. The Bertz CT molecular complexity index is 148. The van der Waals surface area contributed by atoms with Gasteiger partial charge < -0.3 is 10.5 Å². The third kappa shape index (κ3) is 0.810. The third-order valence-electron chi connectivity index (χ3n) is 1.38. The molecule has 4 nitrogen and oxygen atoms in total. The third-order valence-corrected chi connectivity index (χ3v) is 1.38. The molecule has 1 saturated heterocycles. The summed E-state index contributed by atoms with van der Waals surface area (Å²) >= 11 is 0. The molecule has 2 N–H and O–H groups in total. The molecule has 2 atom stereocenters. The van der Waals surface area contributed by atoms with Crippen LogP contribution in [0.15, 0.2) is 0 Å². The van der Waals surface area contributed by atoms with Crippen molar-refractivity contribution in [2.75, 3.05) is 0 Å². The van der Waals surface area contributed by atoms with Crippen LogP contribution in [0.5, 0.6) is 0 Å². The molecule has 0 spiro atoms. The lowest BCUT2D eigenvalue weighted by molar-refractivity contribution is -0.153. The average Bonchev–Trinajstić information content (AvgIpc) is 1.98. The second kappa shape index (κ2) is 1.80. The van der Waals surface area contributed by atoms with Crippen molar-refractivity contribution >= 4 is 11.9 Å². The highest BCUT2D eigenvalue weighted by molar-refractivity contribution is 5.98. The number of hydrogen-bond donors (Lipinski definition) is 1. The minimum Gasteiger partial charge on any atom is -0.392 e. The summed E-state index contributed by atoms with van der Waals surface area (Å²) < 4.78 is 4.18. The van der Waals surface area contributed by atoms with Crippen molar-refractivity contribution in [1.29, 1.82) is 0 Å². The zero-order valence-electron chi connectivity index (χ0n) is 4.96. The second-order valence-corrected chi connectivity index (χ2v) is 2.05. The van der Waals surface area contributed by atoms with Gasteiger partial charge in [0, 0.05) is 0 Å². The first kappa shape index (κ1) is 6.22. The molecule has 1 aliphatic heterocycles. The van der Waals surface area contributed by atoms with E-state index in [0.29, 0.717) is 0 Å². The van der Waals surface area contributed by atoms with E-state index in [1.54, 1.807) is 6.92 Å². The van der Waals surface area contributed by atoms with Gasteiger partial charge in [0.05, 0.1) is 5.92 Å². The van der Waals surface area contributed by atoms with Crippen molar-refractivity contribution in [3.05, 3.63) is 0 Å². The Morgan fingerprint density at radius 3 is 2.11 bits per heavy atom. The fourth-order valence-electron chi connectivity index (χ4n) is 0.611. The van der Waals surface area contributed by atoms with Crippen LogP contribution in [0.2, 0.25) is 0 Å². The molecule has 0 aliphatic carbocycles. The van der Waals surface area contributed by atoms with E-state index in [-0.39, 0.29) is 0 Å².